The van der Waals surface area contributed by atoms with Gasteiger partial charge in [0, 0.05) is 58.0 Å². The molecule has 170 valence electrons. The summed E-state index contributed by atoms with van der Waals surface area (Å²) in [5.74, 6) is 0.181. The Morgan fingerprint density at radius 3 is 2.74 bits per heavy atom. The van der Waals surface area contributed by atoms with Gasteiger partial charge in [-0.15, -0.1) is 0 Å². The fraction of sp³-hybridized carbons (Fsp3) is 0.619. The van der Waals surface area contributed by atoms with Crippen LogP contribution in [0.4, 0.5) is 23.7 Å². The van der Waals surface area contributed by atoms with E-state index < -0.39 is 17.3 Å². The summed E-state index contributed by atoms with van der Waals surface area (Å²) >= 11 is 0. The Kier molecular flexibility index (Phi) is 6.96. The predicted octanol–water partition coefficient (Wildman–Crippen LogP) is 2.71. The van der Waals surface area contributed by atoms with Crippen molar-refractivity contribution in [1.82, 2.24) is 10.2 Å². The summed E-state index contributed by atoms with van der Waals surface area (Å²) in [7, 11) is 3.15. The van der Waals surface area contributed by atoms with E-state index in [4.69, 9.17) is 14.7 Å². The van der Waals surface area contributed by atoms with E-state index in [1.54, 1.807) is 31.3 Å². The molecule has 0 saturated carbocycles. The second-order valence-corrected chi connectivity index (χ2v) is 8.15. The van der Waals surface area contributed by atoms with Crippen LogP contribution in [0.2, 0.25) is 0 Å². The number of hydrogen-bond acceptors (Lipinski definition) is 5. The first-order valence-corrected chi connectivity index (χ1v) is 10.1. The number of urea groups is 1. The first-order chi connectivity index (χ1) is 14.7. The number of rotatable bonds is 6. The summed E-state index contributed by atoms with van der Waals surface area (Å²) in [5.41, 5.74) is -1.27. The van der Waals surface area contributed by atoms with Gasteiger partial charge in [-0.2, -0.15) is 18.4 Å². The number of hydrogen-bond donors (Lipinski definition) is 1. The van der Waals surface area contributed by atoms with Gasteiger partial charge in [0.15, 0.2) is 0 Å². The number of alkyl halides is 3. The fourth-order valence-electron chi connectivity index (χ4n) is 4.68. The van der Waals surface area contributed by atoms with Crippen molar-refractivity contribution < 1.29 is 27.4 Å². The Morgan fingerprint density at radius 1 is 1.32 bits per heavy atom. The van der Waals surface area contributed by atoms with Gasteiger partial charge in [0.1, 0.15) is 0 Å². The first kappa shape index (κ1) is 23.2. The average Bonchev–Trinajstić information content (AvgIpc) is 3.11. The van der Waals surface area contributed by atoms with Gasteiger partial charge in [0.2, 0.25) is 0 Å². The monoisotopic (exact) mass is 440 g/mol. The molecule has 3 rings (SSSR count). The topological polar surface area (TPSA) is 77.8 Å². The van der Waals surface area contributed by atoms with Crippen molar-refractivity contribution in [3.63, 3.8) is 0 Å². The van der Waals surface area contributed by atoms with E-state index in [0.717, 1.165) is 12.5 Å². The second kappa shape index (κ2) is 9.32. The van der Waals surface area contributed by atoms with Crippen LogP contribution < -0.4 is 10.2 Å². The molecule has 2 heterocycles. The molecule has 0 bridgehead atoms. The molecule has 1 aromatic carbocycles. The third-order valence-corrected chi connectivity index (χ3v) is 6.16. The number of benzene rings is 1. The molecule has 0 spiro atoms. The Hall–Kier alpha value is -2.51. The van der Waals surface area contributed by atoms with Crippen LogP contribution in [0.5, 0.6) is 0 Å². The van der Waals surface area contributed by atoms with Crippen LogP contribution >= 0.6 is 0 Å². The van der Waals surface area contributed by atoms with Gasteiger partial charge < -0.3 is 24.6 Å². The maximum Gasteiger partial charge on any atom is 0.417 e. The number of fused-ring (bicyclic) bond motifs is 1. The zero-order valence-corrected chi connectivity index (χ0v) is 17.7. The molecular formula is C21H27F3N4O3. The molecule has 31 heavy (non-hydrogen) atoms. The number of ether oxygens (including phenoxy) is 2. The van der Waals surface area contributed by atoms with Gasteiger partial charge in [-0.1, -0.05) is 0 Å². The number of carbonyl (C=O) groups excluding carboxylic acids is 1. The smallest absolute Gasteiger partial charge is 0.384 e. The summed E-state index contributed by atoms with van der Waals surface area (Å²) < 4.78 is 50.7. The number of nitrogens with zero attached hydrogens (tertiary/aromatic N) is 3. The van der Waals surface area contributed by atoms with Gasteiger partial charge in [0.05, 0.1) is 30.4 Å². The number of halogens is 3. The third kappa shape index (κ3) is 4.88. The molecule has 2 amide bonds. The molecule has 1 N–H and O–H groups in total. The summed E-state index contributed by atoms with van der Waals surface area (Å²) in [5, 5.41) is 11.9. The van der Waals surface area contributed by atoms with Crippen LogP contribution in [0.1, 0.15) is 17.5 Å². The van der Waals surface area contributed by atoms with E-state index in [9.17, 15) is 18.0 Å². The molecular weight excluding hydrogens is 413 g/mol. The number of nitriles is 1. The van der Waals surface area contributed by atoms with Crippen molar-refractivity contribution in [3.05, 3.63) is 29.3 Å². The number of amides is 2. The lowest BCUT2D eigenvalue weighted by molar-refractivity contribution is -0.137. The number of methoxy groups -OCH3 is 2. The van der Waals surface area contributed by atoms with E-state index in [2.05, 4.69) is 5.32 Å². The molecule has 1 aromatic rings. The first-order valence-electron chi connectivity index (χ1n) is 10.1. The molecule has 0 unspecified atom stereocenters. The Bertz CT molecular complexity index is 842. The van der Waals surface area contributed by atoms with Crippen LogP contribution in [-0.2, 0) is 15.7 Å². The van der Waals surface area contributed by atoms with Crippen molar-refractivity contribution in [1.29, 1.82) is 5.26 Å². The van der Waals surface area contributed by atoms with Crippen molar-refractivity contribution in [2.75, 3.05) is 65.1 Å². The SMILES string of the molecule is COCCNC(=O)N1CC[C@@H]2CN(c3ccc(C#N)c(C(F)(F)F)c3)C[C@]2(COC)C1. The van der Waals surface area contributed by atoms with Crippen molar-refractivity contribution in [2.45, 2.75) is 12.6 Å². The van der Waals surface area contributed by atoms with E-state index in [-0.39, 0.29) is 17.4 Å². The zero-order chi connectivity index (χ0) is 22.6. The Balaban J connectivity index is 1.81. The standard InChI is InChI=1S/C21H27F3N4O3/c1-30-8-6-26-19(29)27-7-5-16-11-28(13-20(16,12-27)14-31-2)17-4-3-15(10-25)18(9-17)21(22,23)24/h3-4,9,16H,5-8,11-14H2,1-2H3,(H,26,29)/t16-,20+/m1/s1. The highest BCUT2D eigenvalue weighted by atomic mass is 19.4. The van der Waals surface area contributed by atoms with Gasteiger partial charge in [0.25, 0.3) is 0 Å². The minimum absolute atomic E-state index is 0.179. The molecule has 7 nitrogen and oxygen atoms in total. The molecule has 0 aromatic heterocycles. The van der Waals surface area contributed by atoms with Crippen LogP contribution in [-0.4, -0.2) is 71.1 Å². The van der Waals surface area contributed by atoms with Gasteiger partial charge in [-0.05, 0) is 30.5 Å². The van der Waals surface area contributed by atoms with Crippen molar-refractivity contribution >= 4 is 11.7 Å². The summed E-state index contributed by atoms with van der Waals surface area (Å²) in [6.45, 7) is 3.30. The van der Waals surface area contributed by atoms with E-state index >= 15 is 0 Å². The molecule has 10 heteroatoms. The van der Waals surface area contributed by atoms with E-state index in [0.29, 0.717) is 51.6 Å². The van der Waals surface area contributed by atoms with Crippen LogP contribution in [0.15, 0.2) is 18.2 Å². The van der Waals surface area contributed by atoms with E-state index in [1.807, 2.05) is 4.90 Å². The predicted molar refractivity (Wildman–Crippen MR) is 108 cm³/mol. The lowest BCUT2D eigenvalue weighted by Crippen LogP contribution is -2.55. The molecule has 2 saturated heterocycles. The minimum atomic E-state index is -4.60. The molecule has 2 fully saturated rings. The highest BCUT2D eigenvalue weighted by molar-refractivity contribution is 5.74. The summed E-state index contributed by atoms with van der Waals surface area (Å²) in [6.07, 6.45) is -3.87. The lowest BCUT2D eigenvalue weighted by atomic mass is 9.74. The third-order valence-electron chi connectivity index (χ3n) is 6.16. The van der Waals surface area contributed by atoms with Crippen LogP contribution in [0.25, 0.3) is 0 Å². The number of likely N-dealkylation sites (tertiary alicyclic amines) is 1. The van der Waals surface area contributed by atoms with Gasteiger partial charge in [-0.3, -0.25) is 0 Å². The Morgan fingerprint density at radius 2 is 2.10 bits per heavy atom. The van der Waals surface area contributed by atoms with Crippen molar-refractivity contribution in [3.8, 4) is 6.07 Å². The Labute approximate surface area is 179 Å². The maximum atomic E-state index is 13.4. The molecule has 0 aliphatic carbocycles. The zero-order valence-electron chi connectivity index (χ0n) is 17.7. The quantitative estimate of drug-likeness (QED) is 0.689. The molecule has 2 aliphatic rings. The van der Waals surface area contributed by atoms with Crippen LogP contribution in [0, 0.1) is 22.7 Å². The normalized spacial score (nSPS) is 23.4. The lowest BCUT2D eigenvalue weighted by Gasteiger charge is -2.43. The number of piperidine rings is 1. The van der Waals surface area contributed by atoms with Crippen LogP contribution in [0.3, 0.4) is 0 Å². The minimum Gasteiger partial charge on any atom is -0.384 e. The van der Waals surface area contributed by atoms with Gasteiger partial charge >= 0.3 is 12.2 Å². The largest absolute Gasteiger partial charge is 0.417 e. The highest BCUT2D eigenvalue weighted by Gasteiger charge is 2.51. The van der Waals surface area contributed by atoms with E-state index in [1.165, 1.54) is 6.07 Å². The average molecular weight is 440 g/mol. The van der Waals surface area contributed by atoms with Gasteiger partial charge in [-0.25, -0.2) is 4.79 Å². The molecule has 2 atom stereocenters. The highest BCUT2D eigenvalue weighted by Crippen LogP contribution is 2.45. The summed E-state index contributed by atoms with van der Waals surface area (Å²) in [6, 6.07) is 5.26. The number of carbonyl (C=O) groups is 1. The van der Waals surface area contributed by atoms with Crippen molar-refractivity contribution in [2.24, 2.45) is 11.3 Å². The summed E-state index contributed by atoms with van der Waals surface area (Å²) in [4.78, 5) is 16.2. The number of nitrogens with one attached hydrogen (secondary N) is 1. The maximum absolute atomic E-state index is 13.4. The number of anilines is 1. The fourth-order valence-corrected chi connectivity index (χ4v) is 4.68. The molecule has 0 radical (unpaired) electrons. The molecule has 2 aliphatic heterocycles. The second-order valence-electron chi connectivity index (χ2n) is 8.15.